The average molecular weight is 397 g/mol. The predicted molar refractivity (Wildman–Crippen MR) is 112 cm³/mol. The van der Waals surface area contributed by atoms with Gasteiger partial charge in [0.05, 0.1) is 6.54 Å². The van der Waals surface area contributed by atoms with E-state index in [1.54, 1.807) is 12.1 Å². The molecule has 0 unspecified atom stereocenters. The number of carbonyl (C=O) groups is 2. The highest BCUT2D eigenvalue weighted by atomic mass is 19.1. The number of ketones is 1. The van der Waals surface area contributed by atoms with Gasteiger partial charge in [-0.2, -0.15) is 0 Å². The van der Waals surface area contributed by atoms with Gasteiger partial charge in [0.25, 0.3) is 0 Å². The summed E-state index contributed by atoms with van der Waals surface area (Å²) in [7, 11) is 0. The standard InChI is InChI=1S/C24H29FN2O2/c25-23-9-7-21(8-10-23)24(29)18-27-13-11-19(12-14-27)16-26-17-22-5-2-1-4-20(22)6-3-15-28/h1-2,4-5,7-10,15,19,26H,3,6,11-14,16-18H2. The quantitative estimate of drug-likeness (QED) is 0.492. The van der Waals surface area contributed by atoms with Crippen molar-refractivity contribution in [3.05, 3.63) is 71.0 Å². The summed E-state index contributed by atoms with van der Waals surface area (Å²) in [5.41, 5.74) is 3.07. The Bertz CT molecular complexity index is 799. The lowest BCUT2D eigenvalue weighted by Gasteiger charge is -2.31. The summed E-state index contributed by atoms with van der Waals surface area (Å²) in [5, 5.41) is 3.57. The van der Waals surface area contributed by atoms with Crippen molar-refractivity contribution in [2.45, 2.75) is 32.2 Å². The van der Waals surface area contributed by atoms with Gasteiger partial charge in [-0.15, -0.1) is 0 Å². The number of nitrogens with zero attached hydrogens (tertiary/aromatic N) is 1. The van der Waals surface area contributed by atoms with E-state index in [1.165, 1.54) is 23.3 Å². The van der Waals surface area contributed by atoms with E-state index in [0.717, 1.165) is 51.7 Å². The molecule has 4 nitrogen and oxygen atoms in total. The lowest BCUT2D eigenvalue weighted by atomic mass is 9.96. The Kier molecular flexibility index (Phi) is 8.08. The highest BCUT2D eigenvalue weighted by Gasteiger charge is 2.21. The fourth-order valence-electron chi connectivity index (χ4n) is 3.88. The predicted octanol–water partition coefficient (Wildman–Crippen LogP) is 3.64. The van der Waals surface area contributed by atoms with Crippen LogP contribution in [0.5, 0.6) is 0 Å². The largest absolute Gasteiger partial charge is 0.312 e. The molecule has 3 rings (SSSR count). The van der Waals surface area contributed by atoms with E-state index < -0.39 is 0 Å². The topological polar surface area (TPSA) is 49.4 Å². The molecule has 1 fully saturated rings. The van der Waals surface area contributed by atoms with E-state index in [-0.39, 0.29) is 11.6 Å². The van der Waals surface area contributed by atoms with Crippen LogP contribution in [0, 0.1) is 11.7 Å². The number of nitrogens with one attached hydrogen (secondary N) is 1. The Morgan fingerprint density at radius 3 is 2.45 bits per heavy atom. The molecule has 0 spiro atoms. The van der Waals surface area contributed by atoms with E-state index in [9.17, 15) is 14.0 Å². The lowest BCUT2D eigenvalue weighted by molar-refractivity contribution is -0.107. The molecule has 2 aromatic carbocycles. The summed E-state index contributed by atoms with van der Waals surface area (Å²) in [6, 6.07) is 14.1. The summed E-state index contributed by atoms with van der Waals surface area (Å²) in [5.74, 6) is 0.337. The molecule has 1 aliphatic heterocycles. The fraction of sp³-hybridized carbons (Fsp3) is 0.417. The van der Waals surface area contributed by atoms with Gasteiger partial charge in [-0.1, -0.05) is 24.3 Å². The molecule has 0 bridgehead atoms. The van der Waals surface area contributed by atoms with Gasteiger partial charge < -0.3 is 10.1 Å². The van der Waals surface area contributed by atoms with E-state index in [4.69, 9.17) is 0 Å². The number of halogens is 1. The maximum absolute atomic E-state index is 13.0. The van der Waals surface area contributed by atoms with Crippen LogP contribution < -0.4 is 5.32 Å². The first-order valence-corrected chi connectivity index (χ1v) is 10.4. The van der Waals surface area contributed by atoms with Gasteiger partial charge in [-0.3, -0.25) is 9.69 Å². The molecule has 154 valence electrons. The van der Waals surface area contributed by atoms with Crippen molar-refractivity contribution in [3.8, 4) is 0 Å². The van der Waals surface area contributed by atoms with Crippen molar-refractivity contribution in [1.82, 2.24) is 10.2 Å². The molecule has 29 heavy (non-hydrogen) atoms. The summed E-state index contributed by atoms with van der Waals surface area (Å²) in [4.78, 5) is 25.2. The normalized spacial score (nSPS) is 15.3. The van der Waals surface area contributed by atoms with Crippen LogP contribution in [0.25, 0.3) is 0 Å². The first kappa shape index (κ1) is 21.3. The van der Waals surface area contributed by atoms with Crippen LogP contribution in [0.1, 0.15) is 40.7 Å². The Hall–Kier alpha value is -2.37. The van der Waals surface area contributed by atoms with Gasteiger partial charge in [-0.25, -0.2) is 4.39 Å². The summed E-state index contributed by atoms with van der Waals surface area (Å²) < 4.78 is 13.0. The minimum Gasteiger partial charge on any atom is -0.312 e. The lowest BCUT2D eigenvalue weighted by Crippen LogP contribution is -2.39. The van der Waals surface area contributed by atoms with Gasteiger partial charge >= 0.3 is 0 Å². The van der Waals surface area contributed by atoms with Gasteiger partial charge in [0.15, 0.2) is 5.78 Å². The van der Waals surface area contributed by atoms with Gasteiger partial charge in [0, 0.05) is 18.5 Å². The number of Topliss-reactive ketones (excluding diaryl/α,β-unsaturated/α-hetero) is 1. The second-order valence-corrected chi connectivity index (χ2v) is 7.75. The van der Waals surface area contributed by atoms with Crippen LogP contribution in [-0.2, 0) is 17.8 Å². The van der Waals surface area contributed by atoms with Crippen LogP contribution in [0.3, 0.4) is 0 Å². The van der Waals surface area contributed by atoms with Gasteiger partial charge in [0.1, 0.15) is 12.1 Å². The second-order valence-electron chi connectivity index (χ2n) is 7.75. The van der Waals surface area contributed by atoms with E-state index >= 15 is 0 Å². The highest BCUT2D eigenvalue weighted by molar-refractivity contribution is 5.97. The Labute approximate surface area is 172 Å². The molecule has 0 saturated carbocycles. The number of carbonyl (C=O) groups excluding carboxylic acids is 2. The van der Waals surface area contributed by atoms with Gasteiger partial charge in [0.2, 0.25) is 0 Å². The number of aryl methyl sites for hydroxylation is 1. The van der Waals surface area contributed by atoms with Crippen molar-refractivity contribution in [2.24, 2.45) is 5.92 Å². The number of benzene rings is 2. The smallest absolute Gasteiger partial charge is 0.176 e. The number of hydrogen-bond acceptors (Lipinski definition) is 4. The van der Waals surface area contributed by atoms with E-state index in [2.05, 4.69) is 22.3 Å². The molecule has 0 aromatic heterocycles. The zero-order valence-electron chi connectivity index (χ0n) is 16.8. The van der Waals surface area contributed by atoms with Crippen molar-refractivity contribution in [2.75, 3.05) is 26.2 Å². The number of rotatable bonds is 10. The maximum atomic E-state index is 13.0. The zero-order valence-corrected chi connectivity index (χ0v) is 16.8. The molecule has 0 amide bonds. The molecule has 2 aromatic rings. The van der Waals surface area contributed by atoms with Crippen LogP contribution in [0.2, 0.25) is 0 Å². The Morgan fingerprint density at radius 2 is 1.76 bits per heavy atom. The molecule has 5 heteroatoms. The maximum Gasteiger partial charge on any atom is 0.176 e. The summed E-state index contributed by atoms with van der Waals surface area (Å²) in [6.45, 7) is 4.00. The first-order chi connectivity index (χ1) is 14.2. The van der Waals surface area contributed by atoms with Crippen molar-refractivity contribution in [1.29, 1.82) is 0 Å². The third kappa shape index (κ3) is 6.58. The first-order valence-electron chi connectivity index (χ1n) is 10.4. The molecule has 1 saturated heterocycles. The molecule has 1 aliphatic rings. The van der Waals surface area contributed by atoms with Crippen molar-refractivity contribution in [3.63, 3.8) is 0 Å². The molecule has 0 radical (unpaired) electrons. The van der Waals surface area contributed by atoms with Crippen molar-refractivity contribution >= 4 is 12.1 Å². The summed E-state index contributed by atoms with van der Waals surface area (Å²) in [6.07, 6.45) is 4.46. The molecular weight excluding hydrogens is 367 g/mol. The minimum atomic E-state index is -0.318. The van der Waals surface area contributed by atoms with E-state index in [1.807, 2.05) is 12.1 Å². The molecule has 0 aliphatic carbocycles. The molecule has 1 heterocycles. The summed E-state index contributed by atoms with van der Waals surface area (Å²) >= 11 is 0. The van der Waals surface area contributed by atoms with Crippen LogP contribution in [0.4, 0.5) is 4.39 Å². The van der Waals surface area contributed by atoms with Crippen LogP contribution in [-0.4, -0.2) is 43.1 Å². The molecule has 1 N–H and O–H groups in total. The van der Waals surface area contributed by atoms with Crippen LogP contribution >= 0.6 is 0 Å². The zero-order chi connectivity index (χ0) is 20.5. The van der Waals surface area contributed by atoms with Crippen LogP contribution in [0.15, 0.2) is 48.5 Å². The second kappa shape index (κ2) is 11.0. The monoisotopic (exact) mass is 396 g/mol. The third-order valence-electron chi connectivity index (χ3n) is 5.64. The SMILES string of the molecule is O=CCCc1ccccc1CNCC1CCN(CC(=O)c2ccc(F)cc2)CC1. The number of likely N-dealkylation sites (tertiary alicyclic amines) is 1. The number of hydrogen-bond donors (Lipinski definition) is 1. The van der Waals surface area contributed by atoms with Crippen molar-refractivity contribution < 1.29 is 14.0 Å². The molecular formula is C24H29FN2O2. The minimum absolute atomic E-state index is 0.0495. The number of piperidine rings is 1. The average Bonchev–Trinajstić information content (AvgIpc) is 2.74. The Morgan fingerprint density at radius 1 is 1.07 bits per heavy atom. The van der Waals surface area contributed by atoms with E-state index in [0.29, 0.717) is 24.4 Å². The Balaban J connectivity index is 1.38. The van der Waals surface area contributed by atoms with Gasteiger partial charge in [-0.05, 0) is 80.2 Å². The third-order valence-corrected chi connectivity index (χ3v) is 5.64. The number of aldehydes is 1. The highest BCUT2D eigenvalue weighted by Crippen LogP contribution is 2.18. The fourth-order valence-corrected chi connectivity index (χ4v) is 3.88. The molecule has 0 atom stereocenters.